The molecular formula is C11H11ClO2. The smallest absolute Gasteiger partial charge is 0.327 e. The fourth-order valence-electron chi connectivity index (χ4n) is 1.58. The molecule has 2 nitrogen and oxygen atoms in total. The minimum Gasteiger partial charge on any atom is -0.456 e. The average molecular weight is 211 g/mol. The first-order chi connectivity index (χ1) is 6.59. The topological polar surface area (TPSA) is 26.3 Å². The summed E-state index contributed by atoms with van der Waals surface area (Å²) in [6.45, 7) is 1.69. The van der Waals surface area contributed by atoms with Gasteiger partial charge in [0.1, 0.15) is 11.0 Å². The van der Waals surface area contributed by atoms with E-state index >= 15 is 0 Å². The van der Waals surface area contributed by atoms with Gasteiger partial charge in [-0.2, -0.15) is 0 Å². The summed E-state index contributed by atoms with van der Waals surface area (Å²) in [4.78, 5) is 10.5. The van der Waals surface area contributed by atoms with E-state index in [9.17, 15) is 4.79 Å². The molecule has 0 spiro atoms. The van der Waals surface area contributed by atoms with Gasteiger partial charge in [-0.3, -0.25) is 4.79 Å². The third-order valence-electron chi connectivity index (χ3n) is 2.42. The van der Waals surface area contributed by atoms with Crippen molar-refractivity contribution in [2.24, 2.45) is 0 Å². The highest BCUT2D eigenvalue weighted by Gasteiger charge is 2.44. The third-order valence-corrected chi connectivity index (χ3v) is 2.72. The molecule has 0 aromatic heterocycles. The molecule has 74 valence electrons. The number of cyclic esters (lactones) is 1. The molecule has 1 aliphatic heterocycles. The molecule has 0 bridgehead atoms. The van der Waals surface area contributed by atoms with Crippen LogP contribution in [0.1, 0.15) is 25.0 Å². The van der Waals surface area contributed by atoms with Gasteiger partial charge in [-0.25, -0.2) is 0 Å². The summed E-state index contributed by atoms with van der Waals surface area (Å²) >= 11 is 5.99. The van der Waals surface area contributed by atoms with Crippen molar-refractivity contribution < 1.29 is 9.53 Å². The lowest BCUT2D eigenvalue weighted by molar-refractivity contribution is -0.143. The van der Waals surface area contributed by atoms with Crippen molar-refractivity contribution in [3.05, 3.63) is 35.9 Å². The van der Waals surface area contributed by atoms with Crippen LogP contribution in [-0.4, -0.2) is 10.8 Å². The zero-order valence-electron chi connectivity index (χ0n) is 7.87. The monoisotopic (exact) mass is 210 g/mol. The maximum atomic E-state index is 11.3. The standard InChI is InChI=1S/C11H11ClO2/c1-11(12)7-9(14-10(11)13)8-5-3-2-4-6-8/h2-6,9H,7H2,1H3/t9-,11+/m1/s1. The summed E-state index contributed by atoms with van der Waals surface area (Å²) in [6.07, 6.45) is 0.350. The Morgan fingerprint density at radius 1 is 1.43 bits per heavy atom. The SMILES string of the molecule is C[C@]1(Cl)C[C@H](c2ccccc2)OC1=O. The van der Waals surface area contributed by atoms with Gasteiger partial charge in [-0.1, -0.05) is 30.3 Å². The minimum absolute atomic E-state index is 0.189. The van der Waals surface area contributed by atoms with E-state index in [-0.39, 0.29) is 12.1 Å². The molecule has 0 N–H and O–H groups in total. The van der Waals surface area contributed by atoms with Crippen molar-refractivity contribution in [3.8, 4) is 0 Å². The van der Waals surface area contributed by atoms with Gasteiger partial charge in [-0.05, 0) is 12.5 Å². The van der Waals surface area contributed by atoms with E-state index in [4.69, 9.17) is 16.3 Å². The van der Waals surface area contributed by atoms with Gasteiger partial charge in [0.2, 0.25) is 0 Å². The minimum atomic E-state index is -0.861. The Hall–Kier alpha value is -1.02. The molecular weight excluding hydrogens is 200 g/mol. The van der Waals surface area contributed by atoms with Crippen LogP contribution >= 0.6 is 11.6 Å². The van der Waals surface area contributed by atoms with Gasteiger partial charge in [0, 0.05) is 6.42 Å². The highest BCUT2D eigenvalue weighted by molar-refractivity contribution is 6.34. The van der Waals surface area contributed by atoms with E-state index in [0.29, 0.717) is 6.42 Å². The quantitative estimate of drug-likeness (QED) is 0.526. The van der Waals surface area contributed by atoms with Crippen LogP contribution in [0.2, 0.25) is 0 Å². The molecule has 0 saturated carbocycles. The Bertz CT molecular complexity index is 346. The van der Waals surface area contributed by atoms with Crippen LogP contribution in [-0.2, 0) is 9.53 Å². The van der Waals surface area contributed by atoms with E-state index in [1.54, 1.807) is 6.92 Å². The number of carbonyl (C=O) groups excluding carboxylic acids is 1. The number of hydrogen-bond donors (Lipinski definition) is 0. The molecule has 14 heavy (non-hydrogen) atoms. The van der Waals surface area contributed by atoms with Gasteiger partial charge >= 0.3 is 5.97 Å². The van der Waals surface area contributed by atoms with Gasteiger partial charge in [0.15, 0.2) is 0 Å². The van der Waals surface area contributed by atoms with E-state index in [2.05, 4.69) is 0 Å². The zero-order chi connectivity index (χ0) is 10.2. The maximum absolute atomic E-state index is 11.3. The van der Waals surface area contributed by atoms with Crippen LogP contribution in [0.5, 0.6) is 0 Å². The number of benzene rings is 1. The van der Waals surface area contributed by atoms with E-state index in [1.165, 1.54) is 0 Å². The second-order valence-corrected chi connectivity index (χ2v) is 4.54. The largest absolute Gasteiger partial charge is 0.456 e. The Labute approximate surface area is 87.8 Å². The Kier molecular flexibility index (Phi) is 2.23. The van der Waals surface area contributed by atoms with Crippen molar-refractivity contribution in [2.45, 2.75) is 24.3 Å². The lowest BCUT2D eigenvalue weighted by atomic mass is 10.0. The van der Waals surface area contributed by atoms with Crippen molar-refractivity contribution in [2.75, 3.05) is 0 Å². The second-order valence-electron chi connectivity index (χ2n) is 3.71. The fourth-order valence-corrected chi connectivity index (χ4v) is 1.76. The van der Waals surface area contributed by atoms with Gasteiger partial charge in [0.05, 0.1) is 0 Å². The van der Waals surface area contributed by atoms with E-state index in [0.717, 1.165) is 5.56 Å². The molecule has 1 heterocycles. The molecule has 1 saturated heterocycles. The predicted octanol–water partition coefficient (Wildman–Crippen LogP) is 2.67. The summed E-state index contributed by atoms with van der Waals surface area (Å²) < 4.78 is 5.19. The molecule has 2 rings (SSSR count). The molecule has 0 unspecified atom stereocenters. The van der Waals surface area contributed by atoms with Crippen molar-refractivity contribution in [1.29, 1.82) is 0 Å². The molecule has 2 atom stereocenters. The molecule has 0 aliphatic carbocycles. The Morgan fingerprint density at radius 2 is 2.07 bits per heavy atom. The Morgan fingerprint density at radius 3 is 2.57 bits per heavy atom. The summed E-state index contributed by atoms with van der Waals surface area (Å²) in [5, 5.41) is 0. The third kappa shape index (κ3) is 1.62. The summed E-state index contributed by atoms with van der Waals surface area (Å²) in [6, 6.07) is 9.66. The summed E-state index contributed by atoms with van der Waals surface area (Å²) in [5.74, 6) is -0.326. The van der Waals surface area contributed by atoms with Crippen LogP contribution in [0.3, 0.4) is 0 Å². The van der Waals surface area contributed by atoms with Crippen molar-refractivity contribution in [1.82, 2.24) is 0 Å². The van der Waals surface area contributed by atoms with E-state index < -0.39 is 4.87 Å². The first-order valence-corrected chi connectivity index (χ1v) is 4.92. The highest BCUT2D eigenvalue weighted by atomic mass is 35.5. The number of ether oxygens (including phenoxy) is 1. The number of hydrogen-bond acceptors (Lipinski definition) is 2. The van der Waals surface area contributed by atoms with Crippen molar-refractivity contribution >= 4 is 17.6 Å². The van der Waals surface area contributed by atoms with Crippen LogP contribution in [0.15, 0.2) is 30.3 Å². The van der Waals surface area contributed by atoms with Crippen LogP contribution in [0, 0.1) is 0 Å². The van der Waals surface area contributed by atoms with Gasteiger partial charge < -0.3 is 4.74 Å². The summed E-state index contributed by atoms with van der Waals surface area (Å²) in [7, 11) is 0. The van der Waals surface area contributed by atoms with Crippen LogP contribution in [0.4, 0.5) is 0 Å². The second kappa shape index (κ2) is 3.28. The number of esters is 1. The number of rotatable bonds is 1. The van der Waals surface area contributed by atoms with Crippen LogP contribution < -0.4 is 0 Å². The van der Waals surface area contributed by atoms with Crippen LogP contribution in [0.25, 0.3) is 0 Å². The number of halogens is 1. The fraction of sp³-hybridized carbons (Fsp3) is 0.364. The molecule has 0 radical (unpaired) electrons. The number of alkyl halides is 1. The first-order valence-electron chi connectivity index (χ1n) is 4.54. The molecule has 3 heteroatoms. The summed E-state index contributed by atoms with van der Waals surface area (Å²) in [5.41, 5.74) is 1.00. The lowest BCUT2D eigenvalue weighted by Crippen LogP contribution is -2.21. The zero-order valence-corrected chi connectivity index (χ0v) is 8.62. The molecule has 1 aromatic rings. The first kappa shape index (κ1) is 9.53. The van der Waals surface area contributed by atoms with Gasteiger partial charge in [0.25, 0.3) is 0 Å². The molecule has 1 aromatic carbocycles. The van der Waals surface area contributed by atoms with E-state index in [1.807, 2.05) is 30.3 Å². The lowest BCUT2D eigenvalue weighted by Gasteiger charge is -2.08. The molecule has 1 aliphatic rings. The van der Waals surface area contributed by atoms with Gasteiger partial charge in [-0.15, -0.1) is 11.6 Å². The highest BCUT2D eigenvalue weighted by Crippen LogP contribution is 2.39. The molecule has 0 amide bonds. The normalized spacial score (nSPS) is 31.6. The van der Waals surface area contributed by atoms with Crippen molar-refractivity contribution in [3.63, 3.8) is 0 Å². The average Bonchev–Trinajstić information content (AvgIpc) is 2.43. The number of carbonyl (C=O) groups is 1. The Balaban J connectivity index is 2.21. The molecule has 1 fully saturated rings. The maximum Gasteiger partial charge on any atom is 0.327 e. The predicted molar refractivity (Wildman–Crippen MR) is 54.2 cm³/mol.